The summed E-state index contributed by atoms with van der Waals surface area (Å²) in [5.41, 5.74) is 1.16. The lowest BCUT2D eigenvalue weighted by Gasteiger charge is -2.52. The maximum absolute atomic E-state index is 13.4. The number of rotatable bonds is 21. The zero-order chi connectivity index (χ0) is 50.7. The molecule has 3 fully saturated rings. The van der Waals surface area contributed by atoms with Crippen molar-refractivity contribution in [3.8, 4) is 0 Å². The number of benzene rings is 1. The van der Waals surface area contributed by atoms with Gasteiger partial charge in [0, 0.05) is 46.0 Å². The minimum absolute atomic E-state index is 0.000248. The van der Waals surface area contributed by atoms with Gasteiger partial charge in [-0.15, -0.1) is 0 Å². The van der Waals surface area contributed by atoms with Gasteiger partial charge in [-0.1, -0.05) is 92.6 Å². The summed E-state index contributed by atoms with van der Waals surface area (Å²) < 4.78 is 67.4. The Hall–Kier alpha value is -1.06. The number of aliphatic carboxylic acids is 1. The number of ether oxygens (including phenoxy) is 7. The van der Waals surface area contributed by atoms with Crippen LogP contribution in [0.5, 0.6) is 0 Å². The lowest BCUT2D eigenvalue weighted by molar-refractivity contribution is -0.346. The number of hydrogen-bond donors (Lipinski definition) is 1. The fraction of sp³-hybridized carbons (Fsp3) is 0.865. The Kier molecular flexibility index (Phi) is 19.5. The molecular weight excluding hydrogens is 901 g/mol. The van der Waals surface area contributed by atoms with Crippen molar-refractivity contribution in [3.05, 3.63) is 35.9 Å². The fourth-order valence-corrected chi connectivity index (χ4v) is 12.7. The summed E-state index contributed by atoms with van der Waals surface area (Å²) >= 11 is 0. The second-order valence-electron chi connectivity index (χ2n) is 25.3. The highest BCUT2D eigenvalue weighted by atomic mass is 28.4. The summed E-state index contributed by atoms with van der Waals surface area (Å²) in [5, 5.41) is 10.8. The van der Waals surface area contributed by atoms with Crippen LogP contribution < -0.4 is 0 Å². The first-order valence-corrected chi connectivity index (χ1v) is 34.0. The topological polar surface area (TPSA) is 130 Å². The summed E-state index contributed by atoms with van der Waals surface area (Å²) in [5.74, 6) is -4.72. The second kappa shape index (κ2) is 22.4. The first kappa shape index (κ1) is 58.5. The molecule has 1 N–H and O–H groups in total. The van der Waals surface area contributed by atoms with Crippen molar-refractivity contribution >= 4 is 30.9 Å². The van der Waals surface area contributed by atoms with Crippen LogP contribution in [0.3, 0.4) is 0 Å². The summed E-state index contributed by atoms with van der Waals surface area (Å²) in [7, 11) is -5.23. The zero-order valence-corrected chi connectivity index (χ0v) is 48.7. The molecule has 15 heteroatoms. The Morgan fingerprint density at radius 2 is 1.27 bits per heavy atom. The molecule has 3 aliphatic heterocycles. The van der Waals surface area contributed by atoms with Gasteiger partial charge in [0.25, 0.3) is 0 Å². The average molecular weight is 998 g/mol. The maximum atomic E-state index is 13.4. The van der Waals surface area contributed by atoms with Gasteiger partial charge in [0.1, 0.15) is 5.92 Å². The Labute approximate surface area is 410 Å². The van der Waals surface area contributed by atoms with Gasteiger partial charge in [0.15, 0.2) is 42.3 Å². The average Bonchev–Trinajstić information content (AvgIpc) is 3.15. The van der Waals surface area contributed by atoms with Crippen LogP contribution in [0.2, 0.25) is 54.4 Å². The highest BCUT2D eigenvalue weighted by Crippen LogP contribution is 2.48. The molecule has 67 heavy (non-hydrogen) atoms. The molecule has 3 saturated heterocycles. The van der Waals surface area contributed by atoms with Crippen LogP contribution in [0, 0.1) is 5.92 Å². The van der Waals surface area contributed by atoms with Crippen LogP contribution in [-0.4, -0.2) is 116 Å². The predicted molar refractivity (Wildman–Crippen MR) is 274 cm³/mol. The van der Waals surface area contributed by atoms with E-state index < -0.39 is 66.4 Å². The first-order valence-electron chi connectivity index (χ1n) is 25.3. The number of hydrogen-bond acceptors (Lipinski definition) is 11. The molecule has 1 aromatic carbocycles. The van der Waals surface area contributed by atoms with E-state index in [-0.39, 0.29) is 52.1 Å². The second-order valence-corrected chi connectivity index (χ2v) is 39.6. The molecule has 3 heterocycles. The summed E-state index contributed by atoms with van der Waals surface area (Å²) in [6.07, 6.45) is 2.25. The van der Waals surface area contributed by atoms with Crippen LogP contribution in [0.1, 0.15) is 147 Å². The molecular formula is C52H96O12Si3. The minimum Gasteiger partial charge on any atom is -0.481 e. The number of carboxylic acid groups (broad SMARTS) is 1. The molecule has 0 bridgehead atoms. The molecule has 0 unspecified atom stereocenters. The summed E-state index contributed by atoms with van der Waals surface area (Å²) in [4.78, 5) is 13.4. The van der Waals surface area contributed by atoms with Gasteiger partial charge in [0.05, 0.1) is 49.3 Å². The third kappa shape index (κ3) is 16.5. The van der Waals surface area contributed by atoms with E-state index in [2.05, 4.69) is 114 Å². The highest BCUT2D eigenvalue weighted by molar-refractivity contribution is 6.75. The zero-order valence-electron chi connectivity index (χ0n) is 45.7. The van der Waals surface area contributed by atoms with Crippen LogP contribution in [0.15, 0.2) is 30.3 Å². The largest absolute Gasteiger partial charge is 0.481 e. The minimum atomic E-state index is -2.46. The quantitative estimate of drug-likeness (QED) is 0.0929. The third-order valence-electron chi connectivity index (χ3n) is 15.7. The smallest absolute Gasteiger partial charge is 0.311 e. The molecule has 0 radical (unpaired) electrons. The van der Waals surface area contributed by atoms with Crippen LogP contribution in [0.25, 0.3) is 0 Å². The lowest BCUT2D eigenvalue weighted by Crippen LogP contribution is -2.61. The van der Waals surface area contributed by atoms with Gasteiger partial charge in [0.2, 0.25) is 0 Å². The van der Waals surface area contributed by atoms with Crippen molar-refractivity contribution < 1.29 is 56.3 Å². The van der Waals surface area contributed by atoms with Gasteiger partial charge in [-0.25, -0.2) is 0 Å². The maximum Gasteiger partial charge on any atom is 0.311 e. The lowest BCUT2D eigenvalue weighted by atomic mass is 9.83. The Morgan fingerprint density at radius 1 is 0.716 bits per heavy atom. The van der Waals surface area contributed by atoms with Crippen molar-refractivity contribution in [2.24, 2.45) is 5.92 Å². The number of carboxylic acids is 1. The van der Waals surface area contributed by atoms with Crippen LogP contribution in [0.4, 0.5) is 0 Å². The molecule has 388 valence electrons. The van der Waals surface area contributed by atoms with E-state index in [9.17, 15) is 9.90 Å². The molecule has 1 aromatic rings. The van der Waals surface area contributed by atoms with Crippen molar-refractivity contribution in [2.45, 2.75) is 262 Å². The number of carbonyl (C=O) groups is 1. The molecule has 4 rings (SSSR count). The van der Waals surface area contributed by atoms with E-state index >= 15 is 0 Å². The monoisotopic (exact) mass is 997 g/mol. The van der Waals surface area contributed by atoms with Gasteiger partial charge >= 0.3 is 5.97 Å². The van der Waals surface area contributed by atoms with E-state index in [1.165, 1.54) is 0 Å². The molecule has 9 atom stereocenters. The summed E-state index contributed by atoms with van der Waals surface area (Å²) in [6.45, 7) is 42.9. The van der Waals surface area contributed by atoms with E-state index in [0.717, 1.165) is 31.2 Å². The first-order chi connectivity index (χ1) is 30.5. The Morgan fingerprint density at radius 3 is 1.82 bits per heavy atom. The molecule has 0 aliphatic carbocycles. The van der Waals surface area contributed by atoms with Gasteiger partial charge in [-0.3, -0.25) is 4.79 Å². The fourth-order valence-electron chi connectivity index (χ4n) is 8.92. The SMILES string of the molecule is CO[C@@]1(C[C@H]2C[C@@H]([C@@H](CC[C@H]3C[C@@H](CCOCc4ccccc4)OC(C)(C)O3)O[Si](C)(C)C(C)(C)C)OC(C)(C)O2)C[C@H](O[Si](C)(C)C(C)(C)C)[C@@H](C(=O)O)[C@H](CCO[Si](C)(C)C(C)(C)C)O1. The van der Waals surface area contributed by atoms with E-state index in [0.29, 0.717) is 39.1 Å². The van der Waals surface area contributed by atoms with Crippen molar-refractivity contribution in [1.29, 1.82) is 0 Å². The van der Waals surface area contributed by atoms with Crippen molar-refractivity contribution in [1.82, 2.24) is 0 Å². The third-order valence-corrected chi connectivity index (χ3v) is 29.3. The summed E-state index contributed by atoms with van der Waals surface area (Å²) in [6, 6.07) is 10.2. The normalized spacial score (nSPS) is 29.4. The number of methoxy groups -OCH3 is 1. The molecule has 12 nitrogen and oxygen atoms in total. The van der Waals surface area contributed by atoms with Gasteiger partial charge in [-0.05, 0) is 113 Å². The van der Waals surface area contributed by atoms with E-state index in [4.69, 9.17) is 46.4 Å². The predicted octanol–water partition coefficient (Wildman–Crippen LogP) is 12.6. The highest BCUT2D eigenvalue weighted by Gasteiger charge is 2.56. The molecule has 0 saturated carbocycles. The molecule has 0 spiro atoms. The molecule has 0 aromatic heterocycles. The molecule has 3 aliphatic rings. The van der Waals surface area contributed by atoms with E-state index in [1.807, 2.05) is 45.9 Å². The molecule has 0 amide bonds. The van der Waals surface area contributed by atoms with Crippen LogP contribution in [-0.2, 0) is 57.8 Å². The van der Waals surface area contributed by atoms with Gasteiger partial charge in [-0.2, -0.15) is 0 Å². The van der Waals surface area contributed by atoms with E-state index in [1.54, 1.807) is 7.11 Å². The van der Waals surface area contributed by atoms with Crippen LogP contribution >= 0.6 is 0 Å². The van der Waals surface area contributed by atoms with Gasteiger partial charge < -0.3 is 51.5 Å². The van der Waals surface area contributed by atoms with Crippen molar-refractivity contribution in [2.75, 3.05) is 20.3 Å². The Balaban J connectivity index is 1.61. The standard InChI is InChI=1S/C52H96O12Si3/c1-47(2,3)65(15,16)57-31-29-42-45(46(53)54)44(64-67(19,20)49(7,8)9)35-52(55-14,62-42)34-40-33-43(61-51(12,13)60-40)41(63-66(17,18)48(4,5)6)27-26-38-32-39(59-50(10,11)58-38)28-30-56-36-37-24-22-21-23-25-37/h21-25,38-45H,26-36H2,1-20H3,(H,53,54)/t38-,39+,40+,41+,42-,43-,44-,45-,52+/m0/s1. The Bertz CT molecular complexity index is 1700. The van der Waals surface area contributed by atoms with Crippen molar-refractivity contribution in [3.63, 3.8) is 0 Å².